The first-order valence-electron chi connectivity index (χ1n) is 5.34. The standard InChI is InChI=1S/C12H16N4/c1-10-3-4-11(5-15-10)8-16-9-14-7-12(16)6-13-2/h3-5,7,9,13H,6,8H2,1-2H3. The topological polar surface area (TPSA) is 42.7 Å². The van der Waals surface area contributed by atoms with E-state index in [1.165, 1.54) is 11.3 Å². The number of rotatable bonds is 4. The van der Waals surface area contributed by atoms with Crippen LogP contribution in [-0.4, -0.2) is 21.6 Å². The van der Waals surface area contributed by atoms with Gasteiger partial charge in [0.15, 0.2) is 0 Å². The van der Waals surface area contributed by atoms with Gasteiger partial charge in [-0.2, -0.15) is 0 Å². The lowest BCUT2D eigenvalue weighted by Gasteiger charge is -2.07. The Hall–Kier alpha value is -1.68. The molecule has 0 amide bonds. The third kappa shape index (κ3) is 2.46. The van der Waals surface area contributed by atoms with Gasteiger partial charge in [0.25, 0.3) is 0 Å². The zero-order valence-electron chi connectivity index (χ0n) is 9.64. The van der Waals surface area contributed by atoms with E-state index < -0.39 is 0 Å². The summed E-state index contributed by atoms with van der Waals surface area (Å²) in [7, 11) is 1.94. The lowest BCUT2D eigenvalue weighted by Crippen LogP contribution is -2.11. The molecule has 2 heterocycles. The van der Waals surface area contributed by atoms with Crippen molar-refractivity contribution in [2.24, 2.45) is 0 Å². The normalized spacial score (nSPS) is 10.6. The Labute approximate surface area is 95.4 Å². The van der Waals surface area contributed by atoms with Gasteiger partial charge in [0, 0.05) is 24.6 Å². The number of pyridine rings is 1. The predicted octanol–water partition coefficient (Wildman–Crippen LogP) is 1.35. The Morgan fingerprint density at radius 3 is 2.88 bits per heavy atom. The highest BCUT2D eigenvalue weighted by atomic mass is 15.1. The third-order valence-corrected chi connectivity index (χ3v) is 2.48. The summed E-state index contributed by atoms with van der Waals surface area (Å²) in [5.74, 6) is 0. The molecule has 4 heteroatoms. The van der Waals surface area contributed by atoms with E-state index in [-0.39, 0.29) is 0 Å². The van der Waals surface area contributed by atoms with Crippen LogP contribution in [0.25, 0.3) is 0 Å². The van der Waals surface area contributed by atoms with Gasteiger partial charge in [-0.15, -0.1) is 0 Å². The number of nitrogens with zero attached hydrogens (tertiary/aromatic N) is 3. The lowest BCUT2D eigenvalue weighted by molar-refractivity contribution is 0.691. The summed E-state index contributed by atoms with van der Waals surface area (Å²) in [5, 5.41) is 3.13. The van der Waals surface area contributed by atoms with Crippen LogP contribution < -0.4 is 5.32 Å². The molecular formula is C12H16N4. The van der Waals surface area contributed by atoms with E-state index in [1.54, 1.807) is 0 Å². The fraction of sp³-hybridized carbons (Fsp3) is 0.333. The minimum atomic E-state index is 0.824. The minimum Gasteiger partial charge on any atom is -0.329 e. The van der Waals surface area contributed by atoms with Gasteiger partial charge in [-0.25, -0.2) is 4.98 Å². The minimum absolute atomic E-state index is 0.824. The van der Waals surface area contributed by atoms with Gasteiger partial charge < -0.3 is 9.88 Å². The smallest absolute Gasteiger partial charge is 0.0951 e. The molecule has 4 nitrogen and oxygen atoms in total. The summed E-state index contributed by atoms with van der Waals surface area (Å²) in [6, 6.07) is 4.13. The molecule has 2 rings (SSSR count). The molecule has 1 N–H and O–H groups in total. The predicted molar refractivity (Wildman–Crippen MR) is 63.1 cm³/mol. The molecule has 2 aromatic heterocycles. The van der Waals surface area contributed by atoms with E-state index in [0.717, 1.165) is 18.8 Å². The summed E-state index contributed by atoms with van der Waals surface area (Å²) < 4.78 is 2.13. The molecule has 0 saturated heterocycles. The van der Waals surface area contributed by atoms with Crippen molar-refractivity contribution in [2.45, 2.75) is 20.0 Å². The molecule has 0 unspecified atom stereocenters. The maximum atomic E-state index is 4.29. The molecule has 0 atom stereocenters. The van der Waals surface area contributed by atoms with E-state index in [0.29, 0.717) is 0 Å². The van der Waals surface area contributed by atoms with E-state index in [2.05, 4.69) is 25.9 Å². The maximum Gasteiger partial charge on any atom is 0.0951 e. The summed E-state index contributed by atoms with van der Waals surface area (Å²) in [4.78, 5) is 8.44. The van der Waals surface area contributed by atoms with Crippen LogP contribution in [-0.2, 0) is 13.1 Å². The molecule has 0 spiro atoms. The second-order valence-electron chi connectivity index (χ2n) is 3.85. The van der Waals surface area contributed by atoms with E-state index in [1.807, 2.05) is 38.8 Å². The van der Waals surface area contributed by atoms with Crippen molar-refractivity contribution in [1.29, 1.82) is 0 Å². The highest BCUT2D eigenvalue weighted by molar-refractivity contribution is 5.14. The molecule has 0 bridgehead atoms. The molecule has 0 radical (unpaired) electrons. The van der Waals surface area contributed by atoms with Crippen LogP contribution in [0.15, 0.2) is 30.9 Å². The van der Waals surface area contributed by atoms with Crippen molar-refractivity contribution >= 4 is 0 Å². The molecule has 0 saturated carbocycles. The van der Waals surface area contributed by atoms with Gasteiger partial charge in [0.05, 0.1) is 18.6 Å². The molecule has 0 aliphatic heterocycles. The van der Waals surface area contributed by atoms with Gasteiger partial charge in [-0.3, -0.25) is 4.98 Å². The molecular weight excluding hydrogens is 200 g/mol. The molecule has 16 heavy (non-hydrogen) atoms. The van der Waals surface area contributed by atoms with E-state index >= 15 is 0 Å². The summed E-state index contributed by atoms with van der Waals surface area (Å²) >= 11 is 0. The van der Waals surface area contributed by atoms with E-state index in [4.69, 9.17) is 0 Å². The fourth-order valence-electron chi connectivity index (χ4n) is 1.61. The van der Waals surface area contributed by atoms with Crippen molar-refractivity contribution < 1.29 is 0 Å². The molecule has 0 fully saturated rings. The molecule has 0 aliphatic carbocycles. The van der Waals surface area contributed by atoms with Crippen molar-refractivity contribution in [2.75, 3.05) is 7.05 Å². The summed E-state index contributed by atoms with van der Waals surface area (Å²) in [6.07, 6.45) is 5.66. The van der Waals surface area contributed by atoms with Crippen LogP contribution in [0.4, 0.5) is 0 Å². The van der Waals surface area contributed by atoms with Crippen molar-refractivity contribution in [3.8, 4) is 0 Å². The van der Waals surface area contributed by atoms with Gasteiger partial charge in [0.1, 0.15) is 0 Å². The van der Waals surface area contributed by atoms with Crippen LogP contribution in [0, 0.1) is 6.92 Å². The fourth-order valence-corrected chi connectivity index (χ4v) is 1.61. The maximum absolute atomic E-state index is 4.29. The Kier molecular flexibility index (Phi) is 3.31. The van der Waals surface area contributed by atoms with E-state index in [9.17, 15) is 0 Å². The number of nitrogens with one attached hydrogen (secondary N) is 1. The number of hydrogen-bond acceptors (Lipinski definition) is 3. The van der Waals surface area contributed by atoms with Crippen molar-refractivity contribution in [1.82, 2.24) is 19.9 Å². The Morgan fingerprint density at radius 1 is 1.31 bits per heavy atom. The van der Waals surface area contributed by atoms with Gasteiger partial charge in [0.2, 0.25) is 0 Å². The van der Waals surface area contributed by atoms with Crippen LogP contribution in [0.2, 0.25) is 0 Å². The quantitative estimate of drug-likeness (QED) is 0.839. The Balaban J connectivity index is 2.13. The molecule has 0 aliphatic rings. The molecule has 0 aromatic carbocycles. The second-order valence-corrected chi connectivity index (χ2v) is 3.85. The monoisotopic (exact) mass is 216 g/mol. The highest BCUT2D eigenvalue weighted by Crippen LogP contribution is 2.05. The zero-order chi connectivity index (χ0) is 11.4. The summed E-state index contributed by atoms with van der Waals surface area (Å²) in [5.41, 5.74) is 3.42. The van der Waals surface area contributed by atoms with Gasteiger partial charge >= 0.3 is 0 Å². The Morgan fingerprint density at radius 2 is 2.19 bits per heavy atom. The lowest BCUT2D eigenvalue weighted by atomic mass is 10.2. The first-order valence-corrected chi connectivity index (χ1v) is 5.34. The third-order valence-electron chi connectivity index (χ3n) is 2.48. The number of aryl methyl sites for hydroxylation is 1. The average molecular weight is 216 g/mol. The number of hydrogen-bond donors (Lipinski definition) is 1. The zero-order valence-corrected chi connectivity index (χ0v) is 9.64. The number of aromatic nitrogens is 3. The molecule has 2 aromatic rings. The summed E-state index contributed by atoms with van der Waals surface area (Å²) in [6.45, 7) is 3.65. The van der Waals surface area contributed by atoms with Crippen LogP contribution in [0.5, 0.6) is 0 Å². The van der Waals surface area contributed by atoms with Crippen molar-refractivity contribution in [3.05, 3.63) is 47.8 Å². The first kappa shape index (κ1) is 10.8. The Bertz CT molecular complexity index is 444. The van der Waals surface area contributed by atoms with Gasteiger partial charge in [-0.05, 0) is 25.6 Å². The largest absolute Gasteiger partial charge is 0.329 e. The van der Waals surface area contributed by atoms with Crippen LogP contribution in [0.3, 0.4) is 0 Å². The van der Waals surface area contributed by atoms with Gasteiger partial charge in [-0.1, -0.05) is 6.07 Å². The highest BCUT2D eigenvalue weighted by Gasteiger charge is 2.01. The average Bonchev–Trinajstić information content (AvgIpc) is 2.70. The van der Waals surface area contributed by atoms with Crippen LogP contribution >= 0.6 is 0 Å². The number of imidazole rings is 1. The first-order chi connectivity index (χ1) is 7.79. The SMILES string of the molecule is CNCc1cncn1Cc1ccc(C)nc1. The second kappa shape index (κ2) is 4.90. The molecule has 84 valence electrons. The van der Waals surface area contributed by atoms with Crippen molar-refractivity contribution in [3.63, 3.8) is 0 Å². The van der Waals surface area contributed by atoms with Crippen LogP contribution in [0.1, 0.15) is 17.0 Å².